The highest BCUT2D eigenvalue weighted by molar-refractivity contribution is 5.90. The second kappa shape index (κ2) is 7.35. The minimum Gasteiger partial charge on any atom is -0.421 e. The first-order valence-electron chi connectivity index (χ1n) is 7.54. The number of nitrogens with zero attached hydrogens (tertiary/aromatic N) is 3. The van der Waals surface area contributed by atoms with Crippen LogP contribution in [0.4, 0.5) is 11.4 Å². The van der Waals surface area contributed by atoms with Crippen molar-refractivity contribution in [3.05, 3.63) is 70.6 Å². The van der Waals surface area contributed by atoms with E-state index in [9.17, 15) is 14.9 Å². The zero-order valence-corrected chi connectivity index (χ0v) is 13.1. The summed E-state index contributed by atoms with van der Waals surface area (Å²) in [6.45, 7) is 0. The molecule has 0 aliphatic carbocycles. The molecule has 0 atom stereocenters. The fraction of sp³-hybridized carbons (Fsp3) is 0.118. The van der Waals surface area contributed by atoms with Crippen LogP contribution in [0.25, 0.3) is 11.5 Å². The average molecular weight is 338 g/mol. The van der Waals surface area contributed by atoms with Crippen LogP contribution in [0.5, 0.6) is 0 Å². The maximum atomic E-state index is 11.9. The van der Waals surface area contributed by atoms with E-state index >= 15 is 0 Å². The summed E-state index contributed by atoms with van der Waals surface area (Å²) >= 11 is 0. The third-order valence-corrected chi connectivity index (χ3v) is 3.42. The Bertz CT molecular complexity index is 875. The van der Waals surface area contributed by atoms with Gasteiger partial charge in [-0.25, -0.2) is 0 Å². The van der Waals surface area contributed by atoms with Gasteiger partial charge in [0.05, 0.1) is 4.92 Å². The molecule has 2 aromatic carbocycles. The van der Waals surface area contributed by atoms with Crippen LogP contribution in [0.3, 0.4) is 0 Å². The number of hydrogen-bond donors (Lipinski definition) is 1. The molecule has 25 heavy (non-hydrogen) atoms. The fourth-order valence-corrected chi connectivity index (χ4v) is 2.16. The van der Waals surface area contributed by atoms with Gasteiger partial charge in [-0.15, -0.1) is 10.2 Å². The molecule has 0 saturated carbocycles. The van der Waals surface area contributed by atoms with Gasteiger partial charge in [-0.1, -0.05) is 18.2 Å². The molecule has 126 valence electrons. The Morgan fingerprint density at radius 3 is 2.48 bits per heavy atom. The van der Waals surface area contributed by atoms with Crippen molar-refractivity contribution in [3.63, 3.8) is 0 Å². The standard InChI is InChI=1S/C17H14N4O4/c22-15(18-13-6-8-14(9-7-13)21(23)24)10-11-16-19-20-17(25-16)12-4-2-1-3-5-12/h1-9H,10-11H2,(H,18,22). The summed E-state index contributed by atoms with van der Waals surface area (Å²) < 4.78 is 5.54. The van der Waals surface area contributed by atoms with E-state index in [1.807, 2.05) is 30.3 Å². The van der Waals surface area contributed by atoms with Crippen LogP contribution in [0.2, 0.25) is 0 Å². The summed E-state index contributed by atoms with van der Waals surface area (Å²) in [5, 5.41) is 21.2. The number of amides is 1. The van der Waals surface area contributed by atoms with Gasteiger partial charge in [0.15, 0.2) is 0 Å². The average Bonchev–Trinajstić information content (AvgIpc) is 3.10. The van der Waals surface area contributed by atoms with Crippen LogP contribution in [-0.2, 0) is 11.2 Å². The molecule has 1 amide bonds. The zero-order chi connectivity index (χ0) is 17.6. The molecule has 8 heteroatoms. The van der Waals surface area contributed by atoms with Gasteiger partial charge in [0.1, 0.15) is 0 Å². The molecule has 0 unspecified atom stereocenters. The van der Waals surface area contributed by atoms with E-state index in [0.29, 0.717) is 23.9 Å². The molecule has 0 fully saturated rings. The number of aromatic nitrogens is 2. The predicted molar refractivity (Wildman–Crippen MR) is 89.8 cm³/mol. The smallest absolute Gasteiger partial charge is 0.269 e. The highest BCUT2D eigenvalue weighted by Gasteiger charge is 2.11. The van der Waals surface area contributed by atoms with Gasteiger partial charge < -0.3 is 9.73 Å². The molecular formula is C17H14N4O4. The monoisotopic (exact) mass is 338 g/mol. The number of non-ortho nitro benzene ring substituents is 1. The highest BCUT2D eigenvalue weighted by atomic mass is 16.6. The maximum Gasteiger partial charge on any atom is 0.269 e. The Morgan fingerprint density at radius 1 is 1.08 bits per heavy atom. The SMILES string of the molecule is O=C(CCc1nnc(-c2ccccc2)o1)Nc1ccc([N+](=O)[O-])cc1. The Morgan fingerprint density at radius 2 is 1.80 bits per heavy atom. The number of nitrogens with one attached hydrogen (secondary N) is 1. The number of benzene rings is 2. The first-order valence-corrected chi connectivity index (χ1v) is 7.54. The van der Waals surface area contributed by atoms with Crippen LogP contribution in [0.1, 0.15) is 12.3 Å². The molecule has 0 bridgehead atoms. The van der Waals surface area contributed by atoms with Gasteiger partial charge in [-0.2, -0.15) is 0 Å². The van der Waals surface area contributed by atoms with Gasteiger partial charge in [-0.3, -0.25) is 14.9 Å². The summed E-state index contributed by atoms with van der Waals surface area (Å²) in [5.41, 5.74) is 1.28. The quantitative estimate of drug-likeness (QED) is 0.545. The van der Waals surface area contributed by atoms with Gasteiger partial charge in [0.25, 0.3) is 5.69 Å². The summed E-state index contributed by atoms with van der Waals surface area (Å²) in [6, 6.07) is 15.0. The molecule has 0 aliphatic heterocycles. The molecule has 3 rings (SSSR count). The first-order chi connectivity index (χ1) is 12.1. The van der Waals surface area contributed by atoms with E-state index in [2.05, 4.69) is 15.5 Å². The number of aryl methyl sites for hydroxylation is 1. The van der Waals surface area contributed by atoms with Gasteiger partial charge >= 0.3 is 0 Å². The molecule has 0 radical (unpaired) electrons. The van der Waals surface area contributed by atoms with Crippen molar-refractivity contribution in [1.82, 2.24) is 10.2 Å². The number of nitro groups is 1. The highest BCUT2D eigenvalue weighted by Crippen LogP contribution is 2.18. The van der Waals surface area contributed by atoms with Gasteiger partial charge in [0.2, 0.25) is 17.7 Å². The lowest BCUT2D eigenvalue weighted by Crippen LogP contribution is -2.12. The molecule has 1 heterocycles. The third-order valence-electron chi connectivity index (χ3n) is 3.42. The number of rotatable bonds is 6. The van der Waals surface area contributed by atoms with Crippen molar-refractivity contribution in [2.24, 2.45) is 0 Å². The summed E-state index contributed by atoms with van der Waals surface area (Å²) in [4.78, 5) is 22.0. The molecule has 8 nitrogen and oxygen atoms in total. The number of carbonyl (C=O) groups is 1. The molecule has 1 N–H and O–H groups in total. The van der Waals surface area contributed by atoms with Crippen molar-refractivity contribution in [2.75, 3.05) is 5.32 Å². The van der Waals surface area contributed by atoms with Crippen LogP contribution in [0.15, 0.2) is 59.0 Å². The molecule has 0 aliphatic rings. The summed E-state index contributed by atoms with van der Waals surface area (Å²) in [7, 11) is 0. The van der Waals surface area contributed by atoms with Crippen molar-refractivity contribution >= 4 is 17.3 Å². The fourth-order valence-electron chi connectivity index (χ4n) is 2.16. The molecular weight excluding hydrogens is 324 g/mol. The Labute approximate surface area is 142 Å². The maximum absolute atomic E-state index is 11.9. The number of hydrogen-bond acceptors (Lipinski definition) is 6. The lowest BCUT2D eigenvalue weighted by Gasteiger charge is -2.03. The topological polar surface area (TPSA) is 111 Å². The van der Waals surface area contributed by atoms with Crippen molar-refractivity contribution < 1.29 is 14.1 Å². The molecule has 1 aromatic heterocycles. The van der Waals surface area contributed by atoms with E-state index < -0.39 is 4.92 Å². The minimum atomic E-state index is -0.495. The van der Waals surface area contributed by atoms with Crippen molar-refractivity contribution in [1.29, 1.82) is 0 Å². The predicted octanol–water partition coefficient (Wildman–Crippen LogP) is 3.22. The Hall–Kier alpha value is -3.55. The summed E-state index contributed by atoms with van der Waals surface area (Å²) in [6.07, 6.45) is 0.464. The zero-order valence-electron chi connectivity index (χ0n) is 13.1. The Balaban J connectivity index is 1.54. The second-order valence-electron chi connectivity index (χ2n) is 5.22. The van der Waals surface area contributed by atoms with Crippen molar-refractivity contribution in [3.8, 4) is 11.5 Å². The largest absolute Gasteiger partial charge is 0.421 e. The van der Waals surface area contributed by atoms with E-state index in [1.165, 1.54) is 24.3 Å². The molecule has 0 saturated heterocycles. The summed E-state index contributed by atoms with van der Waals surface area (Å²) in [5.74, 6) is 0.539. The Kier molecular flexibility index (Phi) is 4.79. The van der Waals surface area contributed by atoms with Crippen LogP contribution in [-0.4, -0.2) is 21.0 Å². The molecule has 0 spiro atoms. The van der Waals surface area contributed by atoms with E-state index in [4.69, 9.17) is 4.42 Å². The third kappa shape index (κ3) is 4.25. The lowest BCUT2D eigenvalue weighted by atomic mass is 10.2. The van der Waals surface area contributed by atoms with E-state index in [1.54, 1.807) is 0 Å². The van der Waals surface area contributed by atoms with E-state index in [0.717, 1.165) is 5.56 Å². The first kappa shape index (κ1) is 16.3. The van der Waals surface area contributed by atoms with Gasteiger partial charge in [0, 0.05) is 36.2 Å². The number of carbonyl (C=O) groups excluding carboxylic acids is 1. The number of nitro benzene ring substituents is 1. The van der Waals surface area contributed by atoms with Crippen LogP contribution >= 0.6 is 0 Å². The van der Waals surface area contributed by atoms with Crippen LogP contribution in [0, 0.1) is 10.1 Å². The molecule has 3 aromatic rings. The van der Waals surface area contributed by atoms with Gasteiger partial charge in [-0.05, 0) is 24.3 Å². The number of anilines is 1. The normalized spacial score (nSPS) is 10.4. The van der Waals surface area contributed by atoms with Crippen molar-refractivity contribution in [2.45, 2.75) is 12.8 Å². The second-order valence-corrected chi connectivity index (χ2v) is 5.22. The lowest BCUT2D eigenvalue weighted by molar-refractivity contribution is -0.384. The minimum absolute atomic E-state index is 0.0303. The van der Waals surface area contributed by atoms with Crippen LogP contribution < -0.4 is 5.32 Å². The van der Waals surface area contributed by atoms with E-state index in [-0.39, 0.29) is 18.0 Å².